The lowest BCUT2D eigenvalue weighted by molar-refractivity contribution is -0.132. The third-order valence-corrected chi connectivity index (χ3v) is 5.76. The topological polar surface area (TPSA) is 79.0 Å². The van der Waals surface area contributed by atoms with Crippen molar-refractivity contribution in [1.82, 2.24) is 15.1 Å². The molecule has 0 aromatic heterocycles. The smallest absolute Gasteiger partial charge is 0.260 e. The molecule has 0 spiro atoms. The Hall–Kier alpha value is -2.57. The second-order valence-electron chi connectivity index (χ2n) is 7.86. The molecule has 1 aliphatic rings. The summed E-state index contributed by atoms with van der Waals surface area (Å²) in [5.41, 5.74) is 0.867. The normalized spacial score (nSPS) is 14.2. The first kappa shape index (κ1) is 24.7. The largest absolute Gasteiger partial charge is 0.483 e. The summed E-state index contributed by atoms with van der Waals surface area (Å²) in [6, 6.07) is 7.33. The lowest BCUT2D eigenvalue weighted by Gasteiger charge is -2.22. The number of hydrogen-bond donors (Lipinski definition) is 1. The summed E-state index contributed by atoms with van der Waals surface area (Å²) in [5, 5.41) is 3.06. The number of para-hydroxylation sites is 1. The highest BCUT2D eigenvalue weighted by Crippen LogP contribution is 2.27. The molecule has 0 saturated carbocycles. The van der Waals surface area contributed by atoms with Gasteiger partial charge in [-0.05, 0) is 45.6 Å². The van der Waals surface area contributed by atoms with Crippen LogP contribution in [0.2, 0.25) is 0 Å². The van der Waals surface area contributed by atoms with Crippen LogP contribution in [0.4, 0.5) is 0 Å². The van der Waals surface area contributed by atoms with Gasteiger partial charge in [0.25, 0.3) is 5.91 Å². The number of nitrogens with one attached hydrogen (secondary N) is 1. The number of amides is 3. The minimum Gasteiger partial charge on any atom is -0.483 e. The number of nitrogens with zero attached hydrogens (tertiary/aromatic N) is 2. The zero-order chi connectivity index (χ0) is 22.6. The molecule has 1 aromatic rings. The fourth-order valence-electron chi connectivity index (χ4n) is 3.90. The predicted molar refractivity (Wildman–Crippen MR) is 121 cm³/mol. The van der Waals surface area contributed by atoms with E-state index in [-0.39, 0.29) is 30.4 Å². The van der Waals surface area contributed by atoms with Crippen LogP contribution in [-0.2, 0) is 14.4 Å². The quantitative estimate of drug-likeness (QED) is 0.551. The first-order valence-electron chi connectivity index (χ1n) is 11.6. The molecular formula is C24H37N3O4. The van der Waals surface area contributed by atoms with Crippen LogP contribution in [0.25, 0.3) is 0 Å². The number of carbonyl (C=O) groups is 3. The van der Waals surface area contributed by atoms with Gasteiger partial charge in [-0.15, -0.1) is 0 Å². The number of likely N-dealkylation sites (tertiary alicyclic amines) is 1. The summed E-state index contributed by atoms with van der Waals surface area (Å²) in [6.07, 6.45) is 4.01. The first-order valence-corrected chi connectivity index (χ1v) is 11.6. The van der Waals surface area contributed by atoms with E-state index in [0.717, 1.165) is 31.5 Å². The van der Waals surface area contributed by atoms with Gasteiger partial charge in [-0.3, -0.25) is 14.4 Å². The summed E-state index contributed by atoms with van der Waals surface area (Å²) in [6.45, 7) is 8.90. The minimum atomic E-state index is -0.205. The Labute approximate surface area is 186 Å². The van der Waals surface area contributed by atoms with Crippen molar-refractivity contribution < 1.29 is 19.1 Å². The highest BCUT2D eigenvalue weighted by Gasteiger charge is 2.21. The van der Waals surface area contributed by atoms with Crippen LogP contribution < -0.4 is 10.1 Å². The van der Waals surface area contributed by atoms with Crippen molar-refractivity contribution >= 4 is 17.7 Å². The molecule has 0 aliphatic carbocycles. The van der Waals surface area contributed by atoms with Crippen molar-refractivity contribution in [2.75, 3.05) is 32.8 Å². The Morgan fingerprint density at radius 1 is 1.06 bits per heavy atom. The van der Waals surface area contributed by atoms with E-state index >= 15 is 0 Å². The Balaban J connectivity index is 1.89. The van der Waals surface area contributed by atoms with Crippen LogP contribution in [0.1, 0.15) is 70.9 Å². The number of rotatable bonds is 12. The first-order chi connectivity index (χ1) is 15.0. The van der Waals surface area contributed by atoms with Crippen molar-refractivity contribution in [2.45, 2.75) is 65.3 Å². The average Bonchev–Trinajstić information content (AvgIpc) is 3.32. The predicted octanol–water partition coefficient (Wildman–Crippen LogP) is 3.29. The standard InChI is InChI=1S/C24H37N3O4/c1-4-20(25-22(28)14-11-15-23(29)26(5-2)6-3)19-12-7-8-13-21(19)31-18-24(30)27-16-9-10-17-27/h7-8,12-13,20H,4-6,9-11,14-18H2,1-3H3,(H,25,28). The van der Waals surface area contributed by atoms with Crippen molar-refractivity contribution in [3.63, 3.8) is 0 Å². The second-order valence-corrected chi connectivity index (χ2v) is 7.86. The van der Waals surface area contributed by atoms with Gasteiger partial charge in [0, 0.05) is 44.6 Å². The van der Waals surface area contributed by atoms with Gasteiger partial charge >= 0.3 is 0 Å². The molecule has 1 atom stereocenters. The Morgan fingerprint density at radius 2 is 1.74 bits per heavy atom. The summed E-state index contributed by atoms with van der Waals surface area (Å²) < 4.78 is 5.85. The van der Waals surface area contributed by atoms with E-state index in [4.69, 9.17) is 4.74 Å². The highest BCUT2D eigenvalue weighted by atomic mass is 16.5. The van der Waals surface area contributed by atoms with Crippen LogP contribution in [0.3, 0.4) is 0 Å². The Morgan fingerprint density at radius 3 is 2.39 bits per heavy atom. The van der Waals surface area contributed by atoms with Gasteiger partial charge in [-0.25, -0.2) is 0 Å². The molecule has 3 amide bonds. The number of hydrogen-bond acceptors (Lipinski definition) is 4. The molecule has 1 saturated heterocycles. The van der Waals surface area contributed by atoms with E-state index in [1.54, 1.807) is 4.90 Å². The van der Waals surface area contributed by atoms with E-state index in [9.17, 15) is 14.4 Å². The molecule has 0 bridgehead atoms. The maximum absolute atomic E-state index is 12.5. The van der Waals surface area contributed by atoms with Gasteiger partial charge in [-0.1, -0.05) is 25.1 Å². The molecular weight excluding hydrogens is 394 g/mol. The molecule has 7 nitrogen and oxygen atoms in total. The second kappa shape index (κ2) is 13.0. The van der Waals surface area contributed by atoms with Crippen LogP contribution in [0, 0.1) is 0 Å². The Kier molecular flexibility index (Phi) is 10.3. The molecule has 31 heavy (non-hydrogen) atoms. The van der Waals surface area contributed by atoms with Crippen molar-refractivity contribution in [2.24, 2.45) is 0 Å². The number of benzene rings is 1. The molecule has 1 aliphatic heterocycles. The molecule has 1 fully saturated rings. The van der Waals surface area contributed by atoms with Gasteiger partial charge < -0.3 is 19.9 Å². The fraction of sp³-hybridized carbons (Fsp3) is 0.625. The highest BCUT2D eigenvalue weighted by molar-refractivity contribution is 5.79. The van der Waals surface area contributed by atoms with Crippen molar-refractivity contribution in [3.05, 3.63) is 29.8 Å². The van der Waals surface area contributed by atoms with Gasteiger partial charge in [-0.2, -0.15) is 0 Å². The van der Waals surface area contributed by atoms with E-state index in [1.165, 1.54) is 0 Å². The molecule has 1 N–H and O–H groups in total. The minimum absolute atomic E-state index is 0.00209. The Bertz CT molecular complexity index is 727. The zero-order valence-corrected chi connectivity index (χ0v) is 19.2. The summed E-state index contributed by atoms with van der Waals surface area (Å²) in [4.78, 5) is 40.5. The van der Waals surface area contributed by atoms with E-state index < -0.39 is 0 Å². The van der Waals surface area contributed by atoms with Gasteiger partial charge in [0.15, 0.2) is 6.61 Å². The molecule has 1 aromatic carbocycles. The third kappa shape index (κ3) is 7.56. The molecule has 0 radical (unpaired) electrons. The van der Waals surface area contributed by atoms with Gasteiger partial charge in [0.2, 0.25) is 11.8 Å². The van der Waals surface area contributed by atoms with Crippen LogP contribution in [0.5, 0.6) is 5.75 Å². The van der Waals surface area contributed by atoms with E-state index in [2.05, 4.69) is 5.32 Å². The molecule has 2 rings (SSSR count). The molecule has 1 unspecified atom stereocenters. The van der Waals surface area contributed by atoms with E-state index in [1.807, 2.05) is 49.9 Å². The van der Waals surface area contributed by atoms with E-state index in [0.29, 0.717) is 44.5 Å². The summed E-state index contributed by atoms with van der Waals surface area (Å²) >= 11 is 0. The molecule has 172 valence electrons. The lowest BCUT2D eigenvalue weighted by Crippen LogP contribution is -2.33. The summed E-state index contributed by atoms with van der Waals surface area (Å²) in [7, 11) is 0. The zero-order valence-electron chi connectivity index (χ0n) is 19.2. The third-order valence-electron chi connectivity index (χ3n) is 5.76. The molecule has 7 heteroatoms. The van der Waals surface area contributed by atoms with Crippen LogP contribution in [-0.4, -0.2) is 60.3 Å². The van der Waals surface area contributed by atoms with Crippen molar-refractivity contribution in [3.8, 4) is 5.75 Å². The maximum Gasteiger partial charge on any atom is 0.260 e. The number of carbonyl (C=O) groups excluding carboxylic acids is 3. The van der Waals surface area contributed by atoms with Crippen LogP contribution >= 0.6 is 0 Å². The van der Waals surface area contributed by atoms with Crippen molar-refractivity contribution in [1.29, 1.82) is 0 Å². The SMILES string of the molecule is CCC(NC(=O)CCCC(=O)N(CC)CC)c1ccccc1OCC(=O)N1CCCC1. The van der Waals surface area contributed by atoms with Crippen LogP contribution in [0.15, 0.2) is 24.3 Å². The van der Waals surface area contributed by atoms with Gasteiger partial charge in [0.05, 0.1) is 6.04 Å². The lowest BCUT2D eigenvalue weighted by atomic mass is 10.0. The monoisotopic (exact) mass is 431 g/mol. The van der Waals surface area contributed by atoms with Gasteiger partial charge in [0.1, 0.15) is 5.75 Å². The number of ether oxygens (including phenoxy) is 1. The average molecular weight is 432 g/mol. The summed E-state index contributed by atoms with van der Waals surface area (Å²) in [5.74, 6) is 0.634. The maximum atomic E-state index is 12.5. The fourth-order valence-corrected chi connectivity index (χ4v) is 3.90. The molecule has 1 heterocycles.